The Labute approximate surface area is 196 Å². The van der Waals surface area contributed by atoms with Crippen LogP contribution in [-0.2, 0) is 0 Å². The average Bonchev–Trinajstić information content (AvgIpc) is 3.18. The molecular formula is C27H22O7. The lowest BCUT2D eigenvalue weighted by molar-refractivity contribution is 0.0733. The maximum absolute atomic E-state index is 12.8. The lowest BCUT2D eigenvalue weighted by Crippen LogP contribution is -2.09. The molecular weight excluding hydrogens is 436 g/mol. The summed E-state index contributed by atoms with van der Waals surface area (Å²) >= 11 is 0. The molecule has 0 aliphatic carbocycles. The van der Waals surface area contributed by atoms with Crippen LogP contribution in [0, 0.1) is 0 Å². The minimum atomic E-state index is -0.634. The fraction of sp³-hybridized carbons (Fsp3) is 0.111. The largest absolute Gasteiger partial charge is 0.493 e. The van der Waals surface area contributed by atoms with E-state index in [9.17, 15) is 9.59 Å². The Balaban J connectivity index is 1.51. The fourth-order valence-corrected chi connectivity index (χ4v) is 3.42. The van der Waals surface area contributed by atoms with Crippen LogP contribution in [-0.4, -0.2) is 33.1 Å². The Morgan fingerprint density at radius 3 is 2.24 bits per heavy atom. The molecule has 3 aromatic carbocycles. The van der Waals surface area contributed by atoms with E-state index in [0.717, 1.165) is 5.56 Å². The van der Waals surface area contributed by atoms with Gasteiger partial charge >= 0.3 is 5.97 Å². The Kier molecular flexibility index (Phi) is 6.64. The highest BCUT2D eigenvalue weighted by Crippen LogP contribution is 2.39. The Morgan fingerprint density at radius 1 is 0.882 bits per heavy atom. The molecule has 0 bridgehead atoms. The van der Waals surface area contributed by atoms with Crippen molar-refractivity contribution < 1.29 is 33.3 Å². The molecule has 4 rings (SSSR count). The molecule has 172 valence electrons. The molecule has 0 amide bonds. The van der Waals surface area contributed by atoms with Crippen LogP contribution >= 0.6 is 0 Å². The third kappa shape index (κ3) is 4.63. The summed E-state index contributed by atoms with van der Waals surface area (Å²) in [5.74, 6) is 0.887. The zero-order valence-electron chi connectivity index (χ0n) is 18.9. The normalized spacial score (nSPS) is 13.5. The molecule has 1 aliphatic heterocycles. The van der Waals surface area contributed by atoms with Crippen molar-refractivity contribution in [2.24, 2.45) is 0 Å². The van der Waals surface area contributed by atoms with Gasteiger partial charge in [0.2, 0.25) is 11.5 Å². The van der Waals surface area contributed by atoms with Crippen LogP contribution in [0.4, 0.5) is 0 Å². The van der Waals surface area contributed by atoms with E-state index >= 15 is 0 Å². The molecule has 7 heteroatoms. The quantitative estimate of drug-likeness (QED) is 0.277. The van der Waals surface area contributed by atoms with Gasteiger partial charge in [-0.15, -0.1) is 0 Å². The number of Topliss-reactive ketones (excluding diaryl/α,β-unsaturated/α-hetero) is 1. The number of ether oxygens (including phenoxy) is 5. The van der Waals surface area contributed by atoms with E-state index in [2.05, 4.69) is 0 Å². The molecule has 7 nitrogen and oxygen atoms in total. The molecule has 0 radical (unpaired) electrons. The maximum Gasteiger partial charge on any atom is 0.343 e. The van der Waals surface area contributed by atoms with Gasteiger partial charge in [-0.05, 0) is 35.9 Å². The first kappa shape index (κ1) is 22.7. The summed E-state index contributed by atoms with van der Waals surface area (Å²) in [5, 5.41) is 0. The standard InChI is InChI=1S/C27H22O7/c1-30-23-14-18(15-24(31-2)26(23)32-3)27(29)33-19-12-13-20-22(16-19)34-21(25(20)28)11-7-10-17-8-5-4-6-9-17/h4-16H,1-3H3/b10-7+,21-11-. The number of carbonyl (C=O) groups excluding carboxylic acids is 2. The number of hydrogen-bond donors (Lipinski definition) is 0. The second-order valence-electron chi connectivity index (χ2n) is 7.19. The number of hydrogen-bond acceptors (Lipinski definition) is 7. The summed E-state index contributed by atoms with van der Waals surface area (Å²) < 4.78 is 27.0. The first-order valence-electron chi connectivity index (χ1n) is 10.4. The average molecular weight is 458 g/mol. The lowest BCUT2D eigenvalue weighted by atomic mass is 10.1. The third-order valence-electron chi connectivity index (χ3n) is 5.09. The fourth-order valence-electron chi connectivity index (χ4n) is 3.42. The van der Waals surface area contributed by atoms with Gasteiger partial charge in [0.05, 0.1) is 32.5 Å². The minimum Gasteiger partial charge on any atom is -0.493 e. The number of benzene rings is 3. The van der Waals surface area contributed by atoms with Gasteiger partial charge in [-0.25, -0.2) is 4.79 Å². The smallest absolute Gasteiger partial charge is 0.343 e. The van der Waals surface area contributed by atoms with Crippen molar-refractivity contribution in [3.8, 4) is 28.7 Å². The number of allylic oxidation sites excluding steroid dienone is 3. The van der Waals surface area contributed by atoms with Crippen molar-refractivity contribution in [3.05, 3.63) is 95.3 Å². The van der Waals surface area contributed by atoms with E-state index < -0.39 is 5.97 Å². The van der Waals surface area contributed by atoms with Crippen LogP contribution in [0.1, 0.15) is 26.3 Å². The molecule has 1 heterocycles. The molecule has 0 N–H and O–H groups in total. The van der Waals surface area contributed by atoms with Crippen LogP contribution in [0.3, 0.4) is 0 Å². The van der Waals surface area contributed by atoms with E-state index in [1.54, 1.807) is 24.3 Å². The molecule has 0 spiro atoms. The van der Waals surface area contributed by atoms with Crippen molar-refractivity contribution >= 4 is 17.8 Å². The van der Waals surface area contributed by atoms with Crippen molar-refractivity contribution in [1.82, 2.24) is 0 Å². The van der Waals surface area contributed by atoms with Crippen LogP contribution < -0.4 is 23.7 Å². The van der Waals surface area contributed by atoms with Gasteiger partial charge in [0.15, 0.2) is 17.3 Å². The maximum atomic E-state index is 12.8. The number of methoxy groups -OCH3 is 3. The molecule has 0 saturated heterocycles. The highest BCUT2D eigenvalue weighted by atomic mass is 16.5. The van der Waals surface area contributed by atoms with E-state index in [-0.39, 0.29) is 22.9 Å². The van der Waals surface area contributed by atoms with Gasteiger partial charge < -0.3 is 23.7 Å². The molecule has 0 saturated carbocycles. The molecule has 34 heavy (non-hydrogen) atoms. The molecule has 0 fully saturated rings. The van der Waals surface area contributed by atoms with Gasteiger partial charge in [-0.3, -0.25) is 4.79 Å². The predicted octanol–water partition coefficient (Wildman–Crippen LogP) is 5.10. The number of fused-ring (bicyclic) bond motifs is 1. The lowest BCUT2D eigenvalue weighted by Gasteiger charge is -2.13. The summed E-state index contributed by atoms with van der Waals surface area (Å²) in [7, 11) is 4.40. The van der Waals surface area contributed by atoms with E-state index in [4.69, 9.17) is 23.7 Å². The predicted molar refractivity (Wildman–Crippen MR) is 126 cm³/mol. The Morgan fingerprint density at radius 2 is 1.59 bits per heavy atom. The monoisotopic (exact) mass is 458 g/mol. The third-order valence-corrected chi connectivity index (χ3v) is 5.09. The topological polar surface area (TPSA) is 80.3 Å². The molecule has 0 atom stereocenters. The SMILES string of the molecule is COc1cc(C(=O)Oc2ccc3c(c2)O/C(=C\C=C\c2ccccc2)C3=O)cc(OC)c1OC. The van der Waals surface area contributed by atoms with Gasteiger partial charge in [0.1, 0.15) is 11.5 Å². The van der Waals surface area contributed by atoms with Crippen LogP contribution in [0.2, 0.25) is 0 Å². The number of rotatable bonds is 7. The van der Waals surface area contributed by atoms with E-state index in [0.29, 0.717) is 28.6 Å². The summed E-state index contributed by atoms with van der Waals surface area (Å²) in [6.45, 7) is 0. The minimum absolute atomic E-state index is 0.190. The van der Waals surface area contributed by atoms with Crippen molar-refractivity contribution in [1.29, 1.82) is 0 Å². The zero-order valence-corrected chi connectivity index (χ0v) is 18.9. The first-order chi connectivity index (χ1) is 16.5. The van der Waals surface area contributed by atoms with Gasteiger partial charge in [0, 0.05) is 6.07 Å². The summed E-state index contributed by atoms with van der Waals surface area (Å²) in [4.78, 5) is 25.4. The number of esters is 1. The Hall–Kier alpha value is -4.52. The second-order valence-corrected chi connectivity index (χ2v) is 7.19. The molecule has 1 aliphatic rings. The zero-order chi connectivity index (χ0) is 24.1. The van der Waals surface area contributed by atoms with E-state index in [1.165, 1.54) is 39.5 Å². The van der Waals surface area contributed by atoms with Crippen molar-refractivity contribution in [3.63, 3.8) is 0 Å². The van der Waals surface area contributed by atoms with Gasteiger partial charge in [0.25, 0.3) is 0 Å². The van der Waals surface area contributed by atoms with Crippen molar-refractivity contribution in [2.45, 2.75) is 0 Å². The Bertz CT molecular complexity index is 1260. The molecule has 0 unspecified atom stereocenters. The number of ketones is 1. The van der Waals surface area contributed by atoms with E-state index in [1.807, 2.05) is 36.4 Å². The highest BCUT2D eigenvalue weighted by molar-refractivity contribution is 6.12. The van der Waals surface area contributed by atoms with Crippen molar-refractivity contribution in [2.75, 3.05) is 21.3 Å². The molecule has 0 aromatic heterocycles. The van der Waals surface area contributed by atoms with Gasteiger partial charge in [-0.2, -0.15) is 0 Å². The van der Waals surface area contributed by atoms with Crippen LogP contribution in [0.15, 0.2) is 78.6 Å². The second kappa shape index (κ2) is 9.95. The number of carbonyl (C=O) groups is 2. The summed E-state index contributed by atoms with van der Waals surface area (Å²) in [6, 6.07) is 17.3. The van der Waals surface area contributed by atoms with Crippen LogP contribution in [0.25, 0.3) is 6.08 Å². The highest BCUT2D eigenvalue weighted by Gasteiger charge is 2.28. The van der Waals surface area contributed by atoms with Gasteiger partial charge in [-0.1, -0.05) is 42.5 Å². The summed E-state index contributed by atoms with van der Waals surface area (Å²) in [6.07, 6.45) is 5.23. The molecule has 3 aromatic rings. The summed E-state index contributed by atoms with van der Waals surface area (Å²) in [5.41, 5.74) is 1.61. The van der Waals surface area contributed by atoms with Crippen LogP contribution in [0.5, 0.6) is 28.7 Å². The first-order valence-corrected chi connectivity index (χ1v) is 10.4.